The summed E-state index contributed by atoms with van der Waals surface area (Å²) in [4.78, 5) is 27.0. The largest absolute Gasteiger partial charge is 0.467 e. The van der Waals surface area contributed by atoms with E-state index in [0.29, 0.717) is 0 Å². The molecule has 1 heterocycles. The number of esters is 1. The summed E-state index contributed by atoms with van der Waals surface area (Å²) < 4.78 is 10.7. The average Bonchev–Trinajstić information content (AvgIpc) is 3.10. The molecule has 0 aromatic heterocycles. The lowest BCUT2D eigenvalue weighted by Crippen LogP contribution is -2.42. The first kappa shape index (κ1) is 18.0. The van der Waals surface area contributed by atoms with Gasteiger partial charge < -0.3 is 9.47 Å². The summed E-state index contributed by atoms with van der Waals surface area (Å²) in [5.74, 6) is -0.494. The summed E-state index contributed by atoms with van der Waals surface area (Å²) in [5, 5.41) is 2.12. The minimum atomic E-state index is -0.853. The van der Waals surface area contributed by atoms with Gasteiger partial charge in [-0.3, -0.25) is 4.90 Å². The molecule has 0 aliphatic carbocycles. The number of amides is 1. The van der Waals surface area contributed by atoms with Gasteiger partial charge in [-0.25, -0.2) is 9.59 Å². The zero-order valence-corrected chi connectivity index (χ0v) is 15.7. The summed E-state index contributed by atoms with van der Waals surface area (Å²) in [6.45, 7) is 1.91. The highest BCUT2D eigenvalue weighted by Crippen LogP contribution is 2.40. The third-order valence-corrected chi connectivity index (χ3v) is 5.29. The van der Waals surface area contributed by atoms with Crippen LogP contribution in [0.4, 0.5) is 4.79 Å². The molecule has 3 aromatic carbocycles. The van der Waals surface area contributed by atoms with Crippen molar-refractivity contribution in [3.8, 4) is 0 Å². The number of cyclic esters (lactones) is 1. The highest BCUT2D eigenvalue weighted by molar-refractivity contribution is 5.88. The minimum absolute atomic E-state index is 0.364. The van der Waals surface area contributed by atoms with Gasteiger partial charge in [0.25, 0.3) is 0 Å². The Morgan fingerprint density at radius 1 is 1.00 bits per heavy atom. The molecule has 1 aliphatic heterocycles. The Kier molecular flexibility index (Phi) is 4.74. The summed E-state index contributed by atoms with van der Waals surface area (Å²) in [6.07, 6.45) is -1.23. The third-order valence-electron chi connectivity index (χ3n) is 5.29. The van der Waals surface area contributed by atoms with Crippen LogP contribution in [0.5, 0.6) is 0 Å². The molecule has 0 N–H and O–H groups in total. The fourth-order valence-electron chi connectivity index (χ4n) is 3.91. The van der Waals surface area contributed by atoms with E-state index in [0.717, 1.165) is 21.9 Å². The molecule has 3 atom stereocenters. The Labute approximate surface area is 163 Å². The van der Waals surface area contributed by atoms with Crippen LogP contribution in [0.2, 0.25) is 0 Å². The van der Waals surface area contributed by atoms with E-state index < -0.39 is 24.2 Å². The molecule has 1 saturated heterocycles. The number of fused-ring (bicyclic) bond motifs is 1. The van der Waals surface area contributed by atoms with Gasteiger partial charge >= 0.3 is 12.1 Å². The molecule has 3 unspecified atom stereocenters. The molecular weight excluding hydrogens is 354 g/mol. The van der Waals surface area contributed by atoms with Crippen LogP contribution in [0.3, 0.4) is 0 Å². The van der Waals surface area contributed by atoms with Gasteiger partial charge in [-0.1, -0.05) is 72.8 Å². The zero-order valence-electron chi connectivity index (χ0n) is 15.7. The fraction of sp³-hybridized carbons (Fsp3) is 0.217. The highest BCUT2D eigenvalue weighted by atomic mass is 16.6. The Bertz CT molecular complexity index is 1010. The van der Waals surface area contributed by atoms with Crippen molar-refractivity contribution in [3.63, 3.8) is 0 Å². The SMILES string of the molecule is COC(=O)C1C(c2ccccc2)OC(=O)N1C(C)c1cccc2ccccc12. The first-order valence-corrected chi connectivity index (χ1v) is 9.21. The van der Waals surface area contributed by atoms with Crippen molar-refractivity contribution in [1.29, 1.82) is 0 Å². The lowest BCUT2D eigenvalue weighted by atomic mass is 9.96. The van der Waals surface area contributed by atoms with Crippen LogP contribution in [-0.4, -0.2) is 30.1 Å². The van der Waals surface area contributed by atoms with E-state index in [1.807, 2.05) is 79.7 Å². The standard InChI is InChI=1S/C23H21NO4/c1-15(18-14-8-12-16-9-6-7-13-19(16)18)24-20(22(25)27-2)21(28-23(24)26)17-10-4-3-5-11-17/h3-15,20-21H,1-2H3. The van der Waals surface area contributed by atoms with Gasteiger partial charge in [0.15, 0.2) is 12.1 Å². The molecule has 0 saturated carbocycles. The Hall–Kier alpha value is -3.34. The lowest BCUT2D eigenvalue weighted by molar-refractivity contribution is -0.147. The molecular formula is C23H21NO4. The van der Waals surface area contributed by atoms with E-state index in [-0.39, 0.29) is 6.04 Å². The van der Waals surface area contributed by atoms with Crippen molar-refractivity contribution in [3.05, 3.63) is 83.9 Å². The topological polar surface area (TPSA) is 55.8 Å². The minimum Gasteiger partial charge on any atom is -0.467 e. The van der Waals surface area contributed by atoms with Crippen LogP contribution in [0.1, 0.15) is 30.2 Å². The molecule has 1 fully saturated rings. The maximum absolute atomic E-state index is 12.8. The first-order chi connectivity index (χ1) is 13.6. The van der Waals surface area contributed by atoms with E-state index in [1.54, 1.807) is 0 Å². The molecule has 0 bridgehead atoms. The Balaban J connectivity index is 1.78. The maximum atomic E-state index is 12.8. The summed E-state index contributed by atoms with van der Waals surface area (Å²) in [6, 6.07) is 22.0. The van der Waals surface area contributed by atoms with E-state index in [4.69, 9.17) is 9.47 Å². The highest BCUT2D eigenvalue weighted by Gasteiger charge is 2.50. The van der Waals surface area contributed by atoms with Gasteiger partial charge in [0.05, 0.1) is 13.2 Å². The second-order valence-corrected chi connectivity index (χ2v) is 6.83. The van der Waals surface area contributed by atoms with Crippen molar-refractivity contribution in [2.45, 2.75) is 25.1 Å². The second-order valence-electron chi connectivity index (χ2n) is 6.83. The molecule has 1 amide bonds. The third kappa shape index (κ3) is 2.99. The van der Waals surface area contributed by atoms with Gasteiger partial charge in [-0.15, -0.1) is 0 Å². The van der Waals surface area contributed by atoms with E-state index >= 15 is 0 Å². The molecule has 4 rings (SSSR count). The number of methoxy groups -OCH3 is 1. The second kappa shape index (κ2) is 7.35. The maximum Gasteiger partial charge on any atom is 0.411 e. The molecule has 142 valence electrons. The summed E-state index contributed by atoms with van der Waals surface area (Å²) in [5.41, 5.74) is 1.72. The number of carbonyl (C=O) groups is 2. The number of ether oxygens (including phenoxy) is 2. The van der Waals surface area contributed by atoms with Crippen molar-refractivity contribution in [2.24, 2.45) is 0 Å². The van der Waals surface area contributed by atoms with Crippen LogP contribution >= 0.6 is 0 Å². The van der Waals surface area contributed by atoms with Crippen molar-refractivity contribution in [2.75, 3.05) is 7.11 Å². The van der Waals surface area contributed by atoms with Crippen molar-refractivity contribution < 1.29 is 19.1 Å². The molecule has 1 aliphatic rings. The van der Waals surface area contributed by atoms with Crippen LogP contribution in [-0.2, 0) is 14.3 Å². The molecule has 28 heavy (non-hydrogen) atoms. The molecule has 5 nitrogen and oxygen atoms in total. The summed E-state index contributed by atoms with van der Waals surface area (Å²) in [7, 11) is 1.33. The Morgan fingerprint density at radius 3 is 2.43 bits per heavy atom. The predicted octanol–water partition coefficient (Wildman–Crippen LogP) is 4.64. The first-order valence-electron chi connectivity index (χ1n) is 9.21. The molecule has 0 radical (unpaired) electrons. The van der Waals surface area contributed by atoms with Gasteiger partial charge in [0, 0.05) is 0 Å². The van der Waals surface area contributed by atoms with Gasteiger partial charge in [-0.05, 0) is 28.8 Å². The smallest absolute Gasteiger partial charge is 0.411 e. The number of hydrogen-bond donors (Lipinski definition) is 0. The number of nitrogens with zero attached hydrogens (tertiary/aromatic N) is 1. The van der Waals surface area contributed by atoms with Crippen LogP contribution in [0, 0.1) is 0 Å². The lowest BCUT2D eigenvalue weighted by Gasteiger charge is -2.29. The van der Waals surface area contributed by atoms with Crippen molar-refractivity contribution in [1.82, 2.24) is 4.90 Å². The monoisotopic (exact) mass is 375 g/mol. The van der Waals surface area contributed by atoms with Gasteiger partial charge in [0.2, 0.25) is 0 Å². The van der Waals surface area contributed by atoms with Crippen molar-refractivity contribution >= 4 is 22.8 Å². The van der Waals surface area contributed by atoms with Crippen LogP contribution in [0.25, 0.3) is 10.8 Å². The number of rotatable bonds is 4. The predicted molar refractivity (Wildman–Crippen MR) is 106 cm³/mol. The van der Waals surface area contributed by atoms with Crippen LogP contribution in [0.15, 0.2) is 72.8 Å². The van der Waals surface area contributed by atoms with Gasteiger partial charge in [-0.2, -0.15) is 0 Å². The fourth-order valence-corrected chi connectivity index (χ4v) is 3.91. The zero-order chi connectivity index (χ0) is 19.7. The number of carbonyl (C=O) groups excluding carboxylic acids is 2. The average molecular weight is 375 g/mol. The van der Waals surface area contributed by atoms with Gasteiger partial charge in [0.1, 0.15) is 0 Å². The molecule has 0 spiro atoms. The Morgan fingerprint density at radius 2 is 1.68 bits per heavy atom. The van der Waals surface area contributed by atoms with E-state index in [1.165, 1.54) is 12.0 Å². The number of benzene rings is 3. The number of hydrogen-bond acceptors (Lipinski definition) is 4. The van der Waals surface area contributed by atoms with E-state index in [9.17, 15) is 9.59 Å². The normalized spacial score (nSPS) is 20.1. The molecule has 5 heteroatoms. The van der Waals surface area contributed by atoms with Crippen LogP contribution < -0.4 is 0 Å². The molecule has 3 aromatic rings. The van der Waals surface area contributed by atoms with E-state index in [2.05, 4.69) is 0 Å². The quantitative estimate of drug-likeness (QED) is 0.624. The summed E-state index contributed by atoms with van der Waals surface area (Å²) >= 11 is 0.